The maximum absolute atomic E-state index is 12.1. The summed E-state index contributed by atoms with van der Waals surface area (Å²) >= 11 is 0. The first kappa shape index (κ1) is 13.4. The van der Waals surface area contributed by atoms with Crippen molar-refractivity contribution in [3.8, 4) is 0 Å². The van der Waals surface area contributed by atoms with Gasteiger partial charge in [-0.2, -0.15) is 0 Å². The Bertz CT molecular complexity index is 492. The van der Waals surface area contributed by atoms with E-state index >= 15 is 0 Å². The fraction of sp³-hybridized carbons (Fsp3) is 0.875. The van der Waals surface area contributed by atoms with Gasteiger partial charge in [-0.25, -0.2) is 4.79 Å². The maximum atomic E-state index is 12.1. The lowest BCUT2D eigenvalue weighted by molar-refractivity contribution is -0.0755. The van der Waals surface area contributed by atoms with E-state index in [9.17, 15) is 4.79 Å². The third-order valence-corrected chi connectivity index (χ3v) is 5.36. The van der Waals surface area contributed by atoms with Crippen molar-refractivity contribution in [2.75, 3.05) is 13.1 Å². The average Bonchev–Trinajstić information content (AvgIpc) is 2.80. The molecule has 4 rings (SSSR count). The van der Waals surface area contributed by atoms with Crippen LogP contribution in [0.1, 0.15) is 46.5 Å². The van der Waals surface area contributed by atoms with E-state index in [1.54, 1.807) is 0 Å². The van der Waals surface area contributed by atoms with Gasteiger partial charge in [0.2, 0.25) is 0 Å². The molecule has 21 heavy (non-hydrogen) atoms. The summed E-state index contributed by atoms with van der Waals surface area (Å²) in [6.07, 6.45) is 4.44. The van der Waals surface area contributed by atoms with E-state index in [1.165, 1.54) is 12.1 Å². The van der Waals surface area contributed by atoms with Gasteiger partial charge in [-0.15, -0.1) is 0 Å². The molecular formula is C16H24N2O3. The lowest BCUT2D eigenvalue weighted by Crippen LogP contribution is -2.38. The predicted molar refractivity (Wildman–Crippen MR) is 78.0 cm³/mol. The van der Waals surface area contributed by atoms with Gasteiger partial charge < -0.3 is 14.5 Å². The molecule has 0 bridgehead atoms. The molecular weight excluding hydrogens is 268 g/mol. The number of amides is 1. The molecule has 1 saturated heterocycles. The van der Waals surface area contributed by atoms with Gasteiger partial charge in [0.25, 0.3) is 0 Å². The standard InChI is InChI=1S/C16H24N2O3/c1-15(2,3)20-14(19)18-8-10-11(9-18)13(10)12-7-16(21-17-12)5-4-6-16/h10-11,13H,4-9H2,1-3H3/t10-,11+,13?. The van der Waals surface area contributed by atoms with Crippen molar-refractivity contribution in [1.82, 2.24) is 4.90 Å². The van der Waals surface area contributed by atoms with Crippen LogP contribution in [0.25, 0.3) is 0 Å². The second-order valence-corrected chi connectivity index (χ2v) is 8.13. The van der Waals surface area contributed by atoms with Gasteiger partial charge in [0, 0.05) is 25.4 Å². The van der Waals surface area contributed by atoms with Crippen LogP contribution in [0.15, 0.2) is 5.16 Å². The van der Waals surface area contributed by atoms with Gasteiger partial charge in [-0.05, 0) is 51.9 Å². The fourth-order valence-corrected chi connectivity index (χ4v) is 4.06. The van der Waals surface area contributed by atoms with E-state index in [4.69, 9.17) is 9.57 Å². The van der Waals surface area contributed by atoms with Crippen LogP contribution in [-0.2, 0) is 9.57 Å². The quantitative estimate of drug-likeness (QED) is 0.746. The molecule has 2 heterocycles. The zero-order chi connectivity index (χ0) is 14.8. The Kier molecular flexibility index (Phi) is 2.64. The number of nitrogens with zero attached hydrogens (tertiary/aromatic N) is 2. The van der Waals surface area contributed by atoms with Crippen LogP contribution < -0.4 is 0 Å². The number of hydrogen-bond donors (Lipinski definition) is 0. The van der Waals surface area contributed by atoms with Crippen molar-refractivity contribution >= 4 is 11.8 Å². The maximum Gasteiger partial charge on any atom is 0.410 e. The van der Waals surface area contributed by atoms with Crippen LogP contribution in [0.3, 0.4) is 0 Å². The zero-order valence-electron chi connectivity index (χ0n) is 13.1. The first-order valence-corrected chi connectivity index (χ1v) is 8.10. The minimum atomic E-state index is -0.413. The van der Waals surface area contributed by atoms with E-state index < -0.39 is 5.60 Å². The third-order valence-electron chi connectivity index (χ3n) is 5.36. The van der Waals surface area contributed by atoms with E-state index in [0.717, 1.165) is 32.4 Å². The second kappa shape index (κ2) is 4.14. The van der Waals surface area contributed by atoms with E-state index in [-0.39, 0.29) is 11.7 Å². The van der Waals surface area contributed by atoms with Crippen molar-refractivity contribution in [1.29, 1.82) is 0 Å². The molecule has 0 radical (unpaired) electrons. The lowest BCUT2D eigenvalue weighted by Gasteiger charge is -2.34. The number of ether oxygens (including phenoxy) is 1. The molecule has 2 aliphatic carbocycles. The molecule has 0 aromatic heterocycles. The summed E-state index contributed by atoms with van der Waals surface area (Å²) in [6.45, 7) is 7.36. The number of likely N-dealkylation sites (tertiary alicyclic amines) is 1. The molecule has 1 unspecified atom stereocenters. The molecule has 0 N–H and O–H groups in total. The number of fused-ring (bicyclic) bond motifs is 1. The van der Waals surface area contributed by atoms with Crippen molar-refractivity contribution in [3.05, 3.63) is 0 Å². The number of hydrogen-bond acceptors (Lipinski definition) is 4. The van der Waals surface area contributed by atoms with Crippen LogP contribution in [0, 0.1) is 17.8 Å². The van der Waals surface area contributed by atoms with Gasteiger partial charge >= 0.3 is 6.09 Å². The molecule has 5 heteroatoms. The summed E-state index contributed by atoms with van der Waals surface area (Å²) in [5.41, 5.74) is 0.911. The first-order chi connectivity index (χ1) is 9.87. The summed E-state index contributed by atoms with van der Waals surface area (Å²) in [5, 5.41) is 4.37. The summed E-state index contributed by atoms with van der Waals surface area (Å²) in [7, 11) is 0. The van der Waals surface area contributed by atoms with Crippen molar-refractivity contribution in [3.63, 3.8) is 0 Å². The Morgan fingerprint density at radius 3 is 2.48 bits per heavy atom. The molecule has 2 aliphatic heterocycles. The summed E-state index contributed by atoms with van der Waals surface area (Å²) in [4.78, 5) is 19.6. The number of rotatable bonds is 1. The lowest BCUT2D eigenvalue weighted by atomic mass is 9.76. The number of piperidine rings is 1. The molecule has 0 aromatic carbocycles. The Hall–Kier alpha value is -1.26. The monoisotopic (exact) mass is 292 g/mol. The van der Waals surface area contributed by atoms with Crippen molar-refractivity contribution in [2.45, 2.75) is 57.7 Å². The largest absolute Gasteiger partial charge is 0.444 e. The number of oxime groups is 1. The summed E-state index contributed by atoms with van der Waals surface area (Å²) in [6, 6.07) is 0. The topological polar surface area (TPSA) is 51.1 Å². The van der Waals surface area contributed by atoms with Crippen LogP contribution >= 0.6 is 0 Å². The Morgan fingerprint density at radius 2 is 2.00 bits per heavy atom. The zero-order valence-corrected chi connectivity index (χ0v) is 13.1. The molecule has 2 saturated carbocycles. The molecule has 1 spiro atoms. The third kappa shape index (κ3) is 2.21. The van der Waals surface area contributed by atoms with Gasteiger partial charge in [-0.3, -0.25) is 0 Å². The molecule has 3 fully saturated rings. The summed E-state index contributed by atoms with van der Waals surface area (Å²) in [5.74, 6) is 1.72. The Morgan fingerprint density at radius 1 is 1.33 bits per heavy atom. The SMILES string of the molecule is CC(C)(C)OC(=O)N1C[C@@H]2C(C3=NOC4(CCC4)C3)[C@@H]2C1. The molecule has 116 valence electrons. The van der Waals surface area contributed by atoms with Crippen LogP contribution in [0.2, 0.25) is 0 Å². The van der Waals surface area contributed by atoms with Crippen LogP contribution in [-0.4, -0.2) is 41.0 Å². The number of carbonyl (C=O) groups is 1. The fourth-order valence-electron chi connectivity index (χ4n) is 4.06. The van der Waals surface area contributed by atoms with E-state index in [0.29, 0.717) is 17.8 Å². The highest BCUT2D eigenvalue weighted by atomic mass is 16.7. The highest BCUT2D eigenvalue weighted by molar-refractivity contribution is 5.92. The molecule has 5 nitrogen and oxygen atoms in total. The summed E-state index contributed by atoms with van der Waals surface area (Å²) < 4.78 is 5.44. The van der Waals surface area contributed by atoms with Gasteiger partial charge in [0.15, 0.2) is 0 Å². The molecule has 3 atom stereocenters. The van der Waals surface area contributed by atoms with Gasteiger partial charge in [0.05, 0.1) is 5.71 Å². The minimum absolute atomic E-state index is 0.0665. The van der Waals surface area contributed by atoms with Gasteiger partial charge in [-0.1, -0.05) is 5.16 Å². The number of carbonyl (C=O) groups excluding carboxylic acids is 1. The van der Waals surface area contributed by atoms with Crippen molar-refractivity contribution < 1.29 is 14.4 Å². The smallest absolute Gasteiger partial charge is 0.410 e. The highest BCUT2D eigenvalue weighted by Crippen LogP contribution is 2.56. The second-order valence-electron chi connectivity index (χ2n) is 8.13. The molecule has 0 aromatic rings. The normalized spacial score (nSPS) is 35.9. The van der Waals surface area contributed by atoms with E-state index in [1.807, 2.05) is 25.7 Å². The van der Waals surface area contributed by atoms with Crippen LogP contribution in [0.4, 0.5) is 4.79 Å². The minimum Gasteiger partial charge on any atom is -0.444 e. The average molecular weight is 292 g/mol. The Labute approximate surface area is 125 Å². The van der Waals surface area contributed by atoms with Crippen molar-refractivity contribution in [2.24, 2.45) is 22.9 Å². The first-order valence-electron chi connectivity index (χ1n) is 8.10. The predicted octanol–water partition coefficient (Wildman–Crippen LogP) is 2.80. The highest BCUT2D eigenvalue weighted by Gasteiger charge is 2.61. The Balaban J connectivity index is 1.31. The molecule has 4 aliphatic rings. The van der Waals surface area contributed by atoms with Crippen LogP contribution in [0.5, 0.6) is 0 Å². The van der Waals surface area contributed by atoms with Gasteiger partial charge in [0.1, 0.15) is 11.2 Å². The van der Waals surface area contributed by atoms with E-state index in [2.05, 4.69) is 5.16 Å². The molecule has 1 amide bonds.